The van der Waals surface area contributed by atoms with Crippen LogP contribution in [0.1, 0.15) is 28.4 Å². The number of pyridine rings is 1. The Morgan fingerprint density at radius 1 is 1.18 bits per heavy atom. The molecule has 0 aliphatic rings. The maximum atomic E-state index is 14.8. The Morgan fingerprint density at radius 3 is 2.55 bits per heavy atom. The first-order chi connectivity index (χ1) is 17.9. The highest BCUT2D eigenvalue weighted by molar-refractivity contribution is 7.92. The van der Waals surface area contributed by atoms with Gasteiger partial charge in [-0.1, -0.05) is 6.07 Å². The second-order valence-electron chi connectivity index (χ2n) is 7.33. The normalized spacial score (nSPS) is 11.5. The predicted octanol–water partition coefficient (Wildman–Crippen LogP) is 2.78. The molecule has 0 saturated heterocycles. The highest BCUT2D eigenvalue weighted by Crippen LogP contribution is 2.35. The van der Waals surface area contributed by atoms with Gasteiger partial charge in [0.15, 0.2) is 11.6 Å². The number of amides is 1. The highest BCUT2D eigenvalue weighted by Gasteiger charge is 2.35. The molecule has 5 N–H and O–H groups in total. The van der Waals surface area contributed by atoms with Crippen LogP contribution in [0, 0.1) is 5.82 Å². The van der Waals surface area contributed by atoms with Gasteiger partial charge in [0.1, 0.15) is 17.2 Å². The van der Waals surface area contributed by atoms with Crippen molar-refractivity contribution in [1.29, 1.82) is 0 Å². The minimum absolute atomic E-state index is 0.0952. The second-order valence-corrected chi connectivity index (χ2v) is 9.34. The number of nitrogens with zero attached hydrogens (tertiary/aromatic N) is 3. The summed E-state index contributed by atoms with van der Waals surface area (Å²) in [4.78, 5) is 33.4. The van der Waals surface area contributed by atoms with Gasteiger partial charge in [0.25, 0.3) is 12.4 Å². The summed E-state index contributed by atoms with van der Waals surface area (Å²) in [6.07, 6.45) is -3.15. The van der Waals surface area contributed by atoms with Crippen LogP contribution < -0.4 is 25.8 Å². The third-order valence-corrected chi connectivity index (χ3v) is 6.10. The van der Waals surface area contributed by atoms with Crippen molar-refractivity contribution in [3.63, 3.8) is 0 Å². The van der Waals surface area contributed by atoms with E-state index >= 15 is 0 Å². The Labute approximate surface area is 212 Å². The second kappa shape index (κ2) is 11.2. The van der Waals surface area contributed by atoms with Crippen LogP contribution in [-0.4, -0.2) is 41.5 Å². The summed E-state index contributed by atoms with van der Waals surface area (Å²) < 4.78 is 86.2. The van der Waals surface area contributed by atoms with E-state index in [9.17, 15) is 35.6 Å². The first-order valence-electron chi connectivity index (χ1n) is 10.5. The average molecular weight is 557 g/mol. The van der Waals surface area contributed by atoms with Gasteiger partial charge in [-0.2, -0.15) is 18.2 Å². The molecule has 0 saturated carbocycles. The van der Waals surface area contributed by atoms with Crippen LogP contribution >= 0.6 is 0 Å². The molecule has 0 atom stereocenters. The molecule has 0 unspecified atom stereocenters. The zero-order valence-corrected chi connectivity index (χ0v) is 20.2. The van der Waals surface area contributed by atoms with Crippen molar-refractivity contribution >= 4 is 45.7 Å². The van der Waals surface area contributed by atoms with Gasteiger partial charge in [-0.05, 0) is 25.1 Å². The fourth-order valence-corrected chi connectivity index (χ4v) is 3.61. The van der Waals surface area contributed by atoms with Crippen molar-refractivity contribution in [3.8, 4) is 5.75 Å². The number of nitrogens with two attached hydrogens (primary N) is 1. The average Bonchev–Trinajstić information content (AvgIpc) is 2.85. The summed E-state index contributed by atoms with van der Waals surface area (Å²) in [5, 5.41) is 4.81. The van der Waals surface area contributed by atoms with Crippen molar-refractivity contribution < 1.29 is 40.3 Å². The fourth-order valence-electron chi connectivity index (χ4n) is 2.99. The lowest BCUT2D eigenvalue weighted by Gasteiger charge is -2.16. The van der Waals surface area contributed by atoms with E-state index in [2.05, 4.69) is 35.0 Å². The van der Waals surface area contributed by atoms with Crippen molar-refractivity contribution in [2.24, 2.45) is 5.73 Å². The number of benzene rings is 1. The van der Waals surface area contributed by atoms with Gasteiger partial charge in [0.2, 0.25) is 16.0 Å². The van der Waals surface area contributed by atoms with Crippen LogP contribution in [0.25, 0.3) is 0 Å². The zero-order chi connectivity index (χ0) is 28.1. The van der Waals surface area contributed by atoms with E-state index in [0.717, 1.165) is 12.1 Å². The molecular formula is C21H19F4N7O5S. The number of alkyl halides is 3. The summed E-state index contributed by atoms with van der Waals surface area (Å²) in [6, 6.07) is 4.93. The molecule has 12 nitrogen and oxygen atoms in total. The molecule has 0 radical (unpaired) electrons. The van der Waals surface area contributed by atoms with Crippen LogP contribution in [0.4, 0.5) is 40.8 Å². The number of carbonyl (C=O) groups excluding carboxylic acids is 2. The van der Waals surface area contributed by atoms with Gasteiger partial charge in [-0.25, -0.2) is 22.8 Å². The Bertz CT molecular complexity index is 1470. The number of hydrogen-bond donors (Lipinski definition) is 4. The summed E-state index contributed by atoms with van der Waals surface area (Å²) in [7, 11) is -3.72. The van der Waals surface area contributed by atoms with E-state index in [0.29, 0.717) is 6.20 Å². The zero-order valence-electron chi connectivity index (χ0n) is 19.3. The van der Waals surface area contributed by atoms with Crippen LogP contribution in [0.3, 0.4) is 0 Å². The molecule has 0 aliphatic carbocycles. The van der Waals surface area contributed by atoms with Crippen LogP contribution in [0.2, 0.25) is 0 Å². The van der Waals surface area contributed by atoms with E-state index < -0.39 is 62.3 Å². The summed E-state index contributed by atoms with van der Waals surface area (Å²) in [6.45, 7) is 0.916. The molecule has 0 spiro atoms. The van der Waals surface area contributed by atoms with E-state index in [-0.39, 0.29) is 30.2 Å². The first kappa shape index (κ1) is 28.0. The molecule has 202 valence electrons. The molecular weight excluding hydrogens is 538 g/mol. The highest BCUT2D eigenvalue weighted by atomic mass is 32.2. The van der Waals surface area contributed by atoms with Gasteiger partial charge < -0.3 is 21.1 Å². The van der Waals surface area contributed by atoms with Gasteiger partial charge >= 0.3 is 6.18 Å². The fraction of sp³-hybridized carbons (Fsp3) is 0.190. The third-order valence-electron chi connectivity index (χ3n) is 4.84. The van der Waals surface area contributed by atoms with E-state index in [4.69, 9.17) is 5.73 Å². The van der Waals surface area contributed by atoms with Gasteiger partial charge in [0, 0.05) is 24.5 Å². The molecule has 1 amide bonds. The number of nitrogens with one attached hydrogen (secondary N) is 3. The molecule has 0 aliphatic heterocycles. The topological polar surface area (TPSA) is 178 Å². The Hall–Kier alpha value is -4.54. The maximum Gasteiger partial charge on any atom is 0.421 e. The molecule has 2 heterocycles. The van der Waals surface area contributed by atoms with Crippen LogP contribution in [-0.2, 0) is 27.5 Å². The molecule has 2 aromatic heterocycles. The monoisotopic (exact) mass is 557 g/mol. The number of primary amides is 1. The minimum atomic E-state index is -4.89. The molecule has 3 rings (SSSR count). The summed E-state index contributed by atoms with van der Waals surface area (Å²) in [5.41, 5.74) is 3.16. The number of carbonyl (C=O) groups is 2. The lowest BCUT2D eigenvalue weighted by molar-refractivity contribution is -0.137. The number of halogens is 4. The van der Waals surface area contributed by atoms with E-state index in [1.165, 1.54) is 25.3 Å². The Morgan fingerprint density at radius 2 is 1.92 bits per heavy atom. The lowest BCUT2D eigenvalue weighted by atomic mass is 10.1. The van der Waals surface area contributed by atoms with Crippen LogP contribution in [0.15, 0.2) is 36.7 Å². The number of rotatable bonds is 11. The number of anilines is 4. The van der Waals surface area contributed by atoms with E-state index in [1.54, 1.807) is 0 Å². The number of sulfonamides is 1. The SMILES string of the molecule is CCS(=O)(=O)Nc1ncccc1CNc1nc(Nc2ccc(C(N)=O)c(OC=O)c2F)ncc1C(F)(F)F. The third kappa shape index (κ3) is 6.61. The molecule has 17 heteroatoms. The van der Waals surface area contributed by atoms with Crippen molar-refractivity contribution in [1.82, 2.24) is 15.0 Å². The molecule has 1 aromatic carbocycles. The largest absolute Gasteiger partial charge is 0.425 e. The summed E-state index contributed by atoms with van der Waals surface area (Å²) in [5.74, 6) is -4.73. The lowest BCUT2D eigenvalue weighted by Crippen LogP contribution is -2.18. The van der Waals surface area contributed by atoms with Gasteiger partial charge in [0.05, 0.1) is 17.0 Å². The van der Waals surface area contributed by atoms with Gasteiger partial charge in [-0.3, -0.25) is 14.3 Å². The van der Waals surface area contributed by atoms with Crippen molar-refractivity contribution in [2.75, 3.05) is 21.1 Å². The number of ether oxygens (including phenoxy) is 1. The Balaban J connectivity index is 1.95. The maximum absolute atomic E-state index is 14.8. The predicted molar refractivity (Wildman–Crippen MR) is 127 cm³/mol. The number of aromatic nitrogens is 3. The molecule has 0 fully saturated rings. The quantitative estimate of drug-likeness (QED) is 0.202. The summed E-state index contributed by atoms with van der Waals surface area (Å²) >= 11 is 0. The van der Waals surface area contributed by atoms with Crippen LogP contribution in [0.5, 0.6) is 5.75 Å². The van der Waals surface area contributed by atoms with Gasteiger partial charge in [-0.15, -0.1) is 0 Å². The number of hydrogen-bond acceptors (Lipinski definition) is 10. The van der Waals surface area contributed by atoms with E-state index in [1.807, 2.05) is 0 Å². The first-order valence-corrected chi connectivity index (χ1v) is 12.1. The molecule has 38 heavy (non-hydrogen) atoms. The van der Waals surface area contributed by atoms with Crippen molar-refractivity contribution in [2.45, 2.75) is 19.6 Å². The minimum Gasteiger partial charge on any atom is -0.425 e. The smallest absolute Gasteiger partial charge is 0.421 e. The molecule has 0 bridgehead atoms. The van der Waals surface area contributed by atoms with Crippen molar-refractivity contribution in [3.05, 3.63) is 59.2 Å². The molecule has 3 aromatic rings. The Kier molecular flexibility index (Phi) is 8.29. The standard InChI is InChI=1S/C21H19F4N7O5S/c1-2-38(35,36)32-18-11(4-3-7-27-18)8-28-19-13(21(23,24)25)9-29-20(31-19)30-14-6-5-12(17(26)34)16(15(14)22)37-10-33/h3-7,9-10H,2,8H2,1H3,(H2,26,34)(H,27,32)(H2,28,29,30,31).